The standard InChI is InChI=1S/C14H8Cl2O3S/c15-11-10(13(18)7-1-2-20-6-7)4-8-3-9(5-17)19-14(8)12(11)16/h1-2,4-6,9H,3H2. The van der Waals surface area contributed by atoms with Gasteiger partial charge >= 0.3 is 0 Å². The largest absolute Gasteiger partial charge is 0.481 e. The van der Waals surface area contributed by atoms with E-state index >= 15 is 0 Å². The number of ketones is 1. The monoisotopic (exact) mass is 326 g/mol. The highest BCUT2D eigenvalue weighted by molar-refractivity contribution is 7.08. The van der Waals surface area contributed by atoms with Gasteiger partial charge in [0.25, 0.3) is 0 Å². The summed E-state index contributed by atoms with van der Waals surface area (Å²) < 4.78 is 5.40. The Kier molecular flexibility index (Phi) is 3.54. The van der Waals surface area contributed by atoms with E-state index in [1.54, 1.807) is 17.5 Å². The van der Waals surface area contributed by atoms with E-state index in [0.29, 0.717) is 29.6 Å². The van der Waals surface area contributed by atoms with Gasteiger partial charge in [0.1, 0.15) is 10.8 Å². The third-order valence-electron chi connectivity index (χ3n) is 3.11. The lowest BCUT2D eigenvalue weighted by Crippen LogP contribution is -2.13. The van der Waals surface area contributed by atoms with Crippen LogP contribution in [-0.4, -0.2) is 18.2 Å². The molecule has 1 aromatic carbocycles. The first-order valence-corrected chi connectivity index (χ1v) is 7.51. The third-order valence-corrected chi connectivity index (χ3v) is 4.64. The number of hydrogen-bond donors (Lipinski definition) is 0. The molecule has 20 heavy (non-hydrogen) atoms. The minimum atomic E-state index is -0.565. The van der Waals surface area contributed by atoms with Crippen molar-refractivity contribution in [1.29, 1.82) is 0 Å². The Morgan fingerprint density at radius 2 is 2.20 bits per heavy atom. The van der Waals surface area contributed by atoms with E-state index in [2.05, 4.69) is 0 Å². The molecule has 0 fully saturated rings. The highest BCUT2D eigenvalue weighted by Gasteiger charge is 2.29. The van der Waals surface area contributed by atoms with E-state index in [4.69, 9.17) is 27.9 Å². The van der Waals surface area contributed by atoms with Crippen LogP contribution in [-0.2, 0) is 11.2 Å². The molecule has 0 aliphatic carbocycles. The van der Waals surface area contributed by atoms with Gasteiger partial charge in [-0.05, 0) is 17.5 Å². The van der Waals surface area contributed by atoms with Crippen LogP contribution in [0.3, 0.4) is 0 Å². The molecule has 6 heteroatoms. The molecule has 0 saturated carbocycles. The van der Waals surface area contributed by atoms with Crippen LogP contribution in [0.15, 0.2) is 22.9 Å². The molecule has 3 rings (SSSR count). The molecular weight excluding hydrogens is 319 g/mol. The van der Waals surface area contributed by atoms with Crippen LogP contribution in [0, 0.1) is 0 Å². The van der Waals surface area contributed by atoms with E-state index in [0.717, 1.165) is 5.56 Å². The second-order valence-electron chi connectivity index (χ2n) is 4.38. The summed E-state index contributed by atoms with van der Waals surface area (Å²) in [7, 11) is 0. The van der Waals surface area contributed by atoms with Crippen molar-refractivity contribution in [3.05, 3.63) is 49.6 Å². The number of hydrogen-bond acceptors (Lipinski definition) is 4. The molecule has 0 spiro atoms. The number of aldehydes is 1. The molecule has 1 aromatic heterocycles. The van der Waals surface area contributed by atoms with Crippen LogP contribution >= 0.6 is 34.5 Å². The number of ether oxygens (including phenoxy) is 1. The van der Waals surface area contributed by atoms with Crippen molar-refractivity contribution >= 4 is 46.6 Å². The summed E-state index contributed by atoms with van der Waals surface area (Å²) >= 11 is 13.7. The van der Waals surface area contributed by atoms with E-state index in [-0.39, 0.29) is 15.8 Å². The average Bonchev–Trinajstić information content (AvgIpc) is 3.10. The number of rotatable bonds is 3. The fraction of sp³-hybridized carbons (Fsp3) is 0.143. The van der Waals surface area contributed by atoms with Crippen molar-refractivity contribution in [2.75, 3.05) is 0 Å². The molecule has 102 valence electrons. The minimum absolute atomic E-state index is 0.160. The molecule has 0 N–H and O–H groups in total. The van der Waals surface area contributed by atoms with Crippen LogP contribution < -0.4 is 4.74 Å². The average molecular weight is 327 g/mol. The van der Waals surface area contributed by atoms with Gasteiger partial charge in [0.15, 0.2) is 18.2 Å². The highest BCUT2D eigenvalue weighted by atomic mass is 35.5. The molecule has 2 aromatic rings. The lowest BCUT2D eigenvalue weighted by atomic mass is 10.0. The Morgan fingerprint density at radius 1 is 1.40 bits per heavy atom. The number of fused-ring (bicyclic) bond motifs is 1. The number of carbonyl (C=O) groups is 2. The van der Waals surface area contributed by atoms with Gasteiger partial charge in [-0.3, -0.25) is 9.59 Å². The van der Waals surface area contributed by atoms with Crippen molar-refractivity contribution in [2.24, 2.45) is 0 Å². The van der Waals surface area contributed by atoms with Crippen LogP contribution in [0.25, 0.3) is 0 Å². The first kappa shape index (κ1) is 13.6. The van der Waals surface area contributed by atoms with E-state index in [1.165, 1.54) is 11.3 Å². The van der Waals surface area contributed by atoms with Crippen molar-refractivity contribution < 1.29 is 14.3 Å². The Morgan fingerprint density at radius 3 is 2.85 bits per heavy atom. The van der Waals surface area contributed by atoms with Gasteiger partial charge in [0.2, 0.25) is 0 Å². The molecule has 0 amide bonds. The van der Waals surface area contributed by atoms with E-state index in [9.17, 15) is 9.59 Å². The minimum Gasteiger partial charge on any atom is -0.481 e. The van der Waals surface area contributed by atoms with Crippen molar-refractivity contribution in [1.82, 2.24) is 0 Å². The first-order chi connectivity index (χ1) is 9.61. The zero-order valence-corrected chi connectivity index (χ0v) is 12.4. The second kappa shape index (κ2) is 5.20. The first-order valence-electron chi connectivity index (χ1n) is 5.81. The maximum Gasteiger partial charge on any atom is 0.195 e. The Bertz CT molecular complexity index is 695. The summed E-state index contributed by atoms with van der Waals surface area (Å²) in [6, 6.07) is 3.39. The zero-order valence-electron chi connectivity index (χ0n) is 10.1. The second-order valence-corrected chi connectivity index (χ2v) is 5.91. The van der Waals surface area contributed by atoms with Crippen LogP contribution in [0.4, 0.5) is 0 Å². The molecule has 1 unspecified atom stereocenters. The van der Waals surface area contributed by atoms with Crippen LogP contribution in [0.1, 0.15) is 21.5 Å². The van der Waals surface area contributed by atoms with Crippen LogP contribution in [0.2, 0.25) is 10.0 Å². The molecular formula is C14H8Cl2O3S. The smallest absolute Gasteiger partial charge is 0.195 e. The third kappa shape index (κ3) is 2.14. The highest BCUT2D eigenvalue weighted by Crippen LogP contribution is 2.42. The molecule has 0 saturated heterocycles. The molecule has 1 aliphatic rings. The van der Waals surface area contributed by atoms with Gasteiger partial charge in [-0.1, -0.05) is 23.2 Å². The summed E-state index contributed by atoms with van der Waals surface area (Å²) in [6.45, 7) is 0. The molecule has 2 heterocycles. The van der Waals surface area contributed by atoms with Gasteiger partial charge < -0.3 is 4.74 Å². The summed E-state index contributed by atoms with van der Waals surface area (Å²) in [5.74, 6) is 0.214. The maximum absolute atomic E-state index is 12.4. The quantitative estimate of drug-likeness (QED) is 0.636. The van der Waals surface area contributed by atoms with Crippen LogP contribution in [0.5, 0.6) is 5.75 Å². The van der Waals surface area contributed by atoms with E-state index in [1.807, 2.05) is 5.38 Å². The normalized spacial score (nSPS) is 16.6. The number of benzene rings is 1. The topological polar surface area (TPSA) is 43.4 Å². The predicted molar refractivity (Wildman–Crippen MR) is 78.4 cm³/mol. The van der Waals surface area contributed by atoms with Gasteiger partial charge in [0, 0.05) is 28.5 Å². The van der Waals surface area contributed by atoms with Crippen molar-refractivity contribution in [3.8, 4) is 5.75 Å². The van der Waals surface area contributed by atoms with Gasteiger partial charge in [0.05, 0.1) is 5.02 Å². The Labute approximate surface area is 129 Å². The fourth-order valence-electron chi connectivity index (χ4n) is 2.14. The Balaban J connectivity index is 2.09. The SMILES string of the molecule is O=CC1Cc2cc(C(=O)c3ccsc3)c(Cl)c(Cl)c2O1. The molecule has 0 radical (unpaired) electrons. The number of carbonyl (C=O) groups excluding carboxylic acids is 2. The Hall–Kier alpha value is -1.36. The maximum atomic E-state index is 12.4. The summed E-state index contributed by atoms with van der Waals surface area (Å²) in [5.41, 5.74) is 1.64. The zero-order chi connectivity index (χ0) is 14.3. The molecule has 1 atom stereocenters. The van der Waals surface area contributed by atoms with Gasteiger partial charge in [-0.25, -0.2) is 0 Å². The predicted octanol–water partition coefficient (Wildman–Crippen LogP) is 3.79. The summed E-state index contributed by atoms with van der Waals surface area (Å²) in [6.07, 6.45) is 0.551. The van der Waals surface area contributed by atoms with Crippen molar-refractivity contribution in [2.45, 2.75) is 12.5 Å². The lowest BCUT2D eigenvalue weighted by molar-refractivity contribution is -0.113. The number of thiophene rings is 1. The molecule has 1 aliphatic heterocycles. The molecule has 3 nitrogen and oxygen atoms in total. The summed E-state index contributed by atoms with van der Waals surface area (Å²) in [4.78, 5) is 23.2. The van der Waals surface area contributed by atoms with Crippen molar-refractivity contribution in [3.63, 3.8) is 0 Å². The lowest BCUT2D eigenvalue weighted by Gasteiger charge is -2.09. The molecule has 0 bridgehead atoms. The fourth-order valence-corrected chi connectivity index (χ4v) is 3.27. The van der Waals surface area contributed by atoms with Gasteiger partial charge in [-0.15, -0.1) is 0 Å². The van der Waals surface area contributed by atoms with Gasteiger partial charge in [-0.2, -0.15) is 11.3 Å². The van der Waals surface area contributed by atoms with E-state index < -0.39 is 6.10 Å². The summed E-state index contributed by atoms with van der Waals surface area (Å²) in [5, 5.41) is 3.92. The number of halogens is 2.